The number of carbonyl (C=O) groups is 1. The minimum absolute atomic E-state index is 0.0163. The number of nitro groups is 1. The molecule has 0 saturated carbocycles. The summed E-state index contributed by atoms with van der Waals surface area (Å²) in [6.07, 6.45) is 1.53. The van der Waals surface area contributed by atoms with E-state index in [-0.39, 0.29) is 23.4 Å². The number of aryl methyl sites for hydroxylation is 1. The fraction of sp³-hybridized carbons (Fsp3) is 0.143. The fourth-order valence-corrected chi connectivity index (χ4v) is 2.03. The Morgan fingerprint density at radius 3 is 2.86 bits per heavy atom. The first-order valence-electron chi connectivity index (χ1n) is 6.15. The molecule has 0 aliphatic heterocycles. The monoisotopic (exact) mass is 287 g/mol. The number of nitrogens with one attached hydrogen (secondary N) is 1. The van der Waals surface area contributed by atoms with Crippen molar-refractivity contribution in [1.82, 2.24) is 9.78 Å². The number of hydrogen-bond donors (Lipinski definition) is 1. The summed E-state index contributed by atoms with van der Waals surface area (Å²) in [7, 11) is 0. The lowest BCUT2D eigenvalue weighted by Gasteiger charge is -1.99. The molecule has 1 N–H and O–H groups in total. The lowest BCUT2D eigenvalue weighted by Crippen LogP contribution is -2.21. The van der Waals surface area contributed by atoms with Crippen LogP contribution in [0.25, 0.3) is 0 Å². The number of nitrogens with zero attached hydrogens (tertiary/aromatic N) is 2. The summed E-state index contributed by atoms with van der Waals surface area (Å²) < 4.78 is 1.26. The van der Waals surface area contributed by atoms with E-state index in [1.807, 2.05) is 0 Å². The van der Waals surface area contributed by atoms with Gasteiger partial charge in [0.05, 0.1) is 11.5 Å². The Morgan fingerprint density at radius 2 is 2.24 bits per heavy atom. The van der Waals surface area contributed by atoms with E-state index in [0.29, 0.717) is 5.69 Å². The zero-order valence-corrected chi connectivity index (χ0v) is 11.3. The maximum Gasteiger partial charge on any atom is 0.278 e. The summed E-state index contributed by atoms with van der Waals surface area (Å²) in [5.74, 6) is -0.541. The predicted octanol–water partition coefficient (Wildman–Crippen LogP) is 1.81. The second-order valence-corrected chi connectivity index (χ2v) is 4.45. The molecule has 1 heterocycles. The summed E-state index contributed by atoms with van der Waals surface area (Å²) in [6.45, 7) is 5.39. The minimum atomic E-state index is -0.587. The quantitative estimate of drug-likeness (QED) is 0.392. The number of rotatable bonds is 5. The molecule has 0 spiro atoms. The molecule has 0 unspecified atom stereocenters. The molecule has 21 heavy (non-hydrogen) atoms. The van der Waals surface area contributed by atoms with Crippen molar-refractivity contribution >= 4 is 11.5 Å². The standard InChI is InChI=1S/C14H13N3O4/c1-3-7-16-14(19)12(9(2)15-16)13(18)10-5-4-6-11(8-10)17(20)21/h3-6,8,15H,1,7H2,2H3. The lowest BCUT2D eigenvalue weighted by atomic mass is 10.0. The summed E-state index contributed by atoms with van der Waals surface area (Å²) in [5.41, 5.74) is -0.158. The van der Waals surface area contributed by atoms with E-state index in [1.165, 1.54) is 29.0 Å². The van der Waals surface area contributed by atoms with Gasteiger partial charge in [0, 0.05) is 23.4 Å². The van der Waals surface area contributed by atoms with Gasteiger partial charge in [-0.05, 0) is 6.92 Å². The van der Waals surface area contributed by atoms with E-state index >= 15 is 0 Å². The second kappa shape index (κ2) is 5.58. The van der Waals surface area contributed by atoms with E-state index in [0.717, 1.165) is 6.07 Å². The van der Waals surface area contributed by atoms with Crippen LogP contribution in [0.2, 0.25) is 0 Å². The van der Waals surface area contributed by atoms with Crippen LogP contribution in [0, 0.1) is 17.0 Å². The average Bonchev–Trinajstić information content (AvgIpc) is 2.73. The number of benzene rings is 1. The van der Waals surface area contributed by atoms with E-state index in [1.54, 1.807) is 6.92 Å². The average molecular weight is 287 g/mol. The van der Waals surface area contributed by atoms with Gasteiger partial charge in [-0.2, -0.15) is 0 Å². The number of hydrogen-bond acceptors (Lipinski definition) is 4. The molecule has 2 rings (SSSR count). The molecule has 0 aliphatic rings. The molecule has 7 heteroatoms. The molecular formula is C14H13N3O4. The van der Waals surface area contributed by atoms with Crippen molar-refractivity contribution in [2.75, 3.05) is 0 Å². The molecule has 7 nitrogen and oxygen atoms in total. The molecule has 0 fully saturated rings. The molecule has 108 valence electrons. The Labute approximate surface area is 119 Å². The Bertz CT molecular complexity index is 786. The van der Waals surface area contributed by atoms with Gasteiger partial charge in [0.1, 0.15) is 5.56 Å². The first-order valence-corrected chi connectivity index (χ1v) is 6.15. The largest absolute Gasteiger partial charge is 0.299 e. The van der Waals surface area contributed by atoms with Gasteiger partial charge in [-0.25, -0.2) is 4.68 Å². The molecule has 0 saturated heterocycles. The van der Waals surface area contributed by atoms with Gasteiger partial charge < -0.3 is 0 Å². The lowest BCUT2D eigenvalue weighted by molar-refractivity contribution is -0.384. The van der Waals surface area contributed by atoms with Gasteiger partial charge in [0.15, 0.2) is 0 Å². The first-order chi connectivity index (χ1) is 9.95. The highest BCUT2D eigenvalue weighted by molar-refractivity contribution is 6.09. The van der Waals surface area contributed by atoms with Crippen molar-refractivity contribution in [3.8, 4) is 0 Å². The molecule has 0 atom stereocenters. The van der Waals surface area contributed by atoms with Crippen LogP contribution in [-0.4, -0.2) is 20.5 Å². The topological polar surface area (TPSA) is 98.0 Å². The number of ketones is 1. The Morgan fingerprint density at radius 1 is 1.52 bits per heavy atom. The third kappa shape index (κ3) is 2.66. The summed E-state index contributed by atoms with van der Waals surface area (Å²) in [6, 6.07) is 5.30. The zero-order chi connectivity index (χ0) is 15.6. The highest BCUT2D eigenvalue weighted by atomic mass is 16.6. The number of carbonyl (C=O) groups excluding carboxylic acids is 1. The van der Waals surface area contributed by atoms with Crippen LogP contribution in [0.3, 0.4) is 0 Å². The fourth-order valence-electron chi connectivity index (χ4n) is 2.03. The molecular weight excluding hydrogens is 274 g/mol. The van der Waals surface area contributed by atoms with Gasteiger partial charge >= 0.3 is 0 Å². The van der Waals surface area contributed by atoms with E-state index in [4.69, 9.17) is 0 Å². The molecule has 2 aromatic rings. The predicted molar refractivity (Wildman–Crippen MR) is 76.5 cm³/mol. The van der Waals surface area contributed by atoms with Crippen LogP contribution in [0.1, 0.15) is 21.6 Å². The maximum atomic E-state index is 12.4. The zero-order valence-electron chi connectivity index (χ0n) is 11.3. The van der Waals surface area contributed by atoms with Crippen LogP contribution >= 0.6 is 0 Å². The number of aromatic amines is 1. The first kappa shape index (κ1) is 14.4. The molecule has 0 aliphatic carbocycles. The van der Waals surface area contributed by atoms with Crippen LogP contribution in [0.4, 0.5) is 5.69 Å². The molecule has 0 amide bonds. The van der Waals surface area contributed by atoms with Gasteiger partial charge in [0.2, 0.25) is 5.78 Å². The highest BCUT2D eigenvalue weighted by Crippen LogP contribution is 2.16. The smallest absolute Gasteiger partial charge is 0.278 e. The minimum Gasteiger partial charge on any atom is -0.299 e. The van der Waals surface area contributed by atoms with Crippen molar-refractivity contribution in [2.24, 2.45) is 0 Å². The van der Waals surface area contributed by atoms with Gasteiger partial charge in [-0.1, -0.05) is 18.2 Å². The van der Waals surface area contributed by atoms with Crippen LogP contribution in [-0.2, 0) is 6.54 Å². The van der Waals surface area contributed by atoms with Gasteiger partial charge in [-0.15, -0.1) is 6.58 Å². The van der Waals surface area contributed by atoms with Crippen molar-refractivity contribution in [2.45, 2.75) is 13.5 Å². The third-order valence-corrected chi connectivity index (χ3v) is 2.99. The van der Waals surface area contributed by atoms with Crippen LogP contribution < -0.4 is 5.56 Å². The van der Waals surface area contributed by atoms with Crippen LogP contribution in [0.5, 0.6) is 0 Å². The third-order valence-electron chi connectivity index (χ3n) is 2.99. The number of nitro benzene ring substituents is 1. The highest BCUT2D eigenvalue weighted by Gasteiger charge is 2.21. The van der Waals surface area contributed by atoms with Crippen molar-refractivity contribution in [3.05, 3.63) is 74.2 Å². The van der Waals surface area contributed by atoms with Crippen molar-refractivity contribution in [3.63, 3.8) is 0 Å². The van der Waals surface area contributed by atoms with Gasteiger partial charge in [-0.3, -0.25) is 24.8 Å². The molecule has 0 bridgehead atoms. The number of aromatic nitrogens is 2. The SMILES string of the molecule is C=CCn1[nH]c(C)c(C(=O)c2cccc([N+](=O)[O-])c2)c1=O. The van der Waals surface area contributed by atoms with Crippen LogP contribution in [0.15, 0.2) is 41.7 Å². The molecule has 1 aromatic carbocycles. The van der Waals surface area contributed by atoms with Crippen molar-refractivity contribution < 1.29 is 9.72 Å². The molecule has 0 radical (unpaired) electrons. The summed E-state index contributed by atoms with van der Waals surface area (Å²) in [4.78, 5) is 34.7. The van der Waals surface area contributed by atoms with E-state index in [9.17, 15) is 19.7 Å². The second-order valence-electron chi connectivity index (χ2n) is 4.45. The van der Waals surface area contributed by atoms with E-state index in [2.05, 4.69) is 11.7 Å². The summed E-state index contributed by atoms with van der Waals surface area (Å²) in [5, 5.41) is 13.5. The Balaban J connectivity index is 2.50. The van der Waals surface area contributed by atoms with E-state index < -0.39 is 16.3 Å². The Kier molecular flexibility index (Phi) is 3.84. The summed E-state index contributed by atoms with van der Waals surface area (Å²) >= 11 is 0. The van der Waals surface area contributed by atoms with Crippen molar-refractivity contribution in [1.29, 1.82) is 0 Å². The number of non-ortho nitro benzene ring substituents is 1. The normalized spacial score (nSPS) is 10.3. The van der Waals surface area contributed by atoms with Gasteiger partial charge in [0.25, 0.3) is 11.2 Å². The molecule has 1 aromatic heterocycles. The number of allylic oxidation sites excluding steroid dienone is 1. The number of H-pyrrole nitrogens is 1. The maximum absolute atomic E-state index is 12.4. The Hall–Kier alpha value is -2.96.